The smallest absolute Gasteiger partial charge is 0.263 e. The van der Waals surface area contributed by atoms with Gasteiger partial charge >= 0.3 is 0 Å². The number of nitrogens with zero attached hydrogens (tertiary/aromatic N) is 2. The van der Waals surface area contributed by atoms with Crippen LogP contribution in [0.4, 0.5) is 24.5 Å². The van der Waals surface area contributed by atoms with Gasteiger partial charge < -0.3 is 9.80 Å². The number of amides is 2. The van der Waals surface area contributed by atoms with Crippen LogP contribution < -0.4 is 9.80 Å². The Bertz CT molecular complexity index is 805. The summed E-state index contributed by atoms with van der Waals surface area (Å²) in [7, 11) is 1.41. The Hall–Kier alpha value is -2.83. The van der Waals surface area contributed by atoms with Crippen molar-refractivity contribution in [2.75, 3.05) is 23.4 Å². The lowest BCUT2D eigenvalue weighted by Gasteiger charge is -2.23. The van der Waals surface area contributed by atoms with E-state index in [0.29, 0.717) is 17.4 Å². The molecule has 1 aliphatic rings. The first kappa shape index (κ1) is 16.0. The molecule has 0 saturated heterocycles. The number of fused-ring (bicyclic) bond motifs is 1. The summed E-state index contributed by atoms with van der Waals surface area (Å²) in [6.07, 6.45) is -1.94. The van der Waals surface area contributed by atoms with Gasteiger partial charge in [0.25, 0.3) is 11.8 Å². The number of hydrogen-bond acceptors (Lipinski definition) is 2. The van der Waals surface area contributed by atoms with Crippen LogP contribution in [0.3, 0.4) is 0 Å². The van der Waals surface area contributed by atoms with Crippen molar-refractivity contribution in [2.24, 2.45) is 0 Å². The molecular weight excluding hydrogens is 321 g/mol. The highest BCUT2D eigenvalue weighted by Gasteiger charge is 2.34. The van der Waals surface area contributed by atoms with Gasteiger partial charge in [0.1, 0.15) is 11.6 Å². The average molecular weight is 334 g/mol. The molecule has 0 aromatic heterocycles. The molecule has 2 aromatic rings. The third-order valence-corrected chi connectivity index (χ3v) is 3.83. The Morgan fingerprint density at radius 1 is 1.08 bits per heavy atom. The summed E-state index contributed by atoms with van der Waals surface area (Å²) in [4.78, 5) is 26.8. The molecule has 2 amide bonds. The van der Waals surface area contributed by atoms with Gasteiger partial charge in [0.05, 0.1) is 17.9 Å². The number of carbonyl (C=O) groups excluding carboxylic acids is 2. The molecule has 0 N–H and O–H groups in total. The van der Waals surface area contributed by atoms with E-state index in [0.717, 1.165) is 21.9 Å². The zero-order chi connectivity index (χ0) is 17.4. The van der Waals surface area contributed by atoms with Crippen molar-refractivity contribution >= 4 is 23.2 Å². The first-order valence-electron chi connectivity index (χ1n) is 7.17. The molecule has 0 radical (unpaired) electrons. The third-order valence-electron chi connectivity index (χ3n) is 3.83. The average Bonchev–Trinajstić information content (AvgIpc) is 2.64. The molecule has 0 saturated carbocycles. The largest absolute Gasteiger partial charge is 0.311 e. The minimum atomic E-state index is -1.94. The summed E-state index contributed by atoms with van der Waals surface area (Å²) in [5, 5.41) is 0. The quantitative estimate of drug-likeness (QED) is 0.805. The van der Waals surface area contributed by atoms with Crippen LogP contribution in [0.15, 0.2) is 42.5 Å². The number of carbonyl (C=O) groups is 2. The predicted molar refractivity (Wildman–Crippen MR) is 82.8 cm³/mol. The van der Waals surface area contributed by atoms with Gasteiger partial charge in [-0.25, -0.2) is 13.2 Å². The molecular formula is C17H13F3N2O2. The lowest BCUT2D eigenvalue weighted by molar-refractivity contribution is -0.122. The van der Waals surface area contributed by atoms with E-state index < -0.39 is 36.2 Å². The van der Waals surface area contributed by atoms with Crippen molar-refractivity contribution < 1.29 is 22.8 Å². The fraction of sp³-hybridized carbons (Fsp3) is 0.176. The van der Waals surface area contributed by atoms with E-state index in [1.54, 1.807) is 24.3 Å². The van der Waals surface area contributed by atoms with Gasteiger partial charge in [-0.2, -0.15) is 0 Å². The maximum absolute atomic E-state index is 14.2. The van der Waals surface area contributed by atoms with Crippen LogP contribution in [-0.4, -0.2) is 31.6 Å². The second kappa shape index (κ2) is 5.99. The second-order valence-electron chi connectivity index (χ2n) is 5.43. The number of alkyl halides is 1. The van der Waals surface area contributed by atoms with E-state index in [-0.39, 0.29) is 5.56 Å². The molecule has 1 heterocycles. The number of para-hydroxylation sites is 2. The maximum Gasteiger partial charge on any atom is 0.263 e. The highest BCUT2D eigenvalue weighted by Crippen LogP contribution is 2.33. The van der Waals surface area contributed by atoms with Crippen LogP contribution in [0.1, 0.15) is 10.4 Å². The van der Waals surface area contributed by atoms with Crippen LogP contribution in [0.25, 0.3) is 0 Å². The number of anilines is 2. The minimum Gasteiger partial charge on any atom is -0.311 e. The van der Waals surface area contributed by atoms with Crippen molar-refractivity contribution in [3.8, 4) is 0 Å². The van der Waals surface area contributed by atoms with E-state index >= 15 is 0 Å². The summed E-state index contributed by atoms with van der Waals surface area (Å²) >= 11 is 0. The molecule has 0 spiro atoms. The summed E-state index contributed by atoms with van der Waals surface area (Å²) < 4.78 is 41.0. The molecule has 7 heteroatoms. The molecule has 2 aromatic carbocycles. The van der Waals surface area contributed by atoms with Crippen molar-refractivity contribution in [3.63, 3.8) is 0 Å². The maximum atomic E-state index is 14.2. The highest BCUT2D eigenvalue weighted by atomic mass is 19.1. The minimum absolute atomic E-state index is 0.258. The van der Waals surface area contributed by atoms with Crippen molar-refractivity contribution in [3.05, 3.63) is 59.7 Å². The van der Waals surface area contributed by atoms with Gasteiger partial charge in [0.15, 0.2) is 6.17 Å². The Balaban J connectivity index is 2.10. The molecule has 0 unspecified atom stereocenters. The second-order valence-corrected chi connectivity index (χ2v) is 5.43. The zero-order valence-corrected chi connectivity index (χ0v) is 12.7. The summed E-state index contributed by atoms with van der Waals surface area (Å²) in [6.45, 7) is -0.531. The van der Waals surface area contributed by atoms with Crippen LogP contribution in [0.5, 0.6) is 0 Å². The van der Waals surface area contributed by atoms with Crippen molar-refractivity contribution in [2.45, 2.75) is 6.17 Å². The Morgan fingerprint density at radius 2 is 1.67 bits per heavy atom. The highest BCUT2D eigenvalue weighted by molar-refractivity contribution is 6.11. The summed E-state index contributed by atoms with van der Waals surface area (Å²) in [6, 6.07) is 8.77. The first-order chi connectivity index (χ1) is 11.4. The van der Waals surface area contributed by atoms with Gasteiger partial charge in [0, 0.05) is 18.7 Å². The molecule has 0 aliphatic carbocycles. The third kappa shape index (κ3) is 2.73. The SMILES string of the molecule is CN1C(=O)[C@@H](F)CN(C(=O)c2cc(F)cc(F)c2)c2ccccc21. The Labute approximate surface area is 136 Å². The number of rotatable bonds is 1. The van der Waals surface area contributed by atoms with Crippen LogP contribution in [0, 0.1) is 11.6 Å². The lowest BCUT2D eigenvalue weighted by Crippen LogP contribution is -2.40. The fourth-order valence-corrected chi connectivity index (χ4v) is 2.67. The number of hydrogen-bond donors (Lipinski definition) is 0. The van der Waals surface area contributed by atoms with E-state index in [9.17, 15) is 22.8 Å². The van der Waals surface area contributed by atoms with Gasteiger partial charge in [-0.05, 0) is 24.3 Å². The van der Waals surface area contributed by atoms with Crippen LogP contribution in [0.2, 0.25) is 0 Å². The van der Waals surface area contributed by atoms with Crippen LogP contribution in [-0.2, 0) is 4.79 Å². The summed E-state index contributed by atoms with van der Waals surface area (Å²) in [5.74, 6) is -3.40. The number of halogens is 3. The topological polar surface area (TPSA) is 40.6 Å². The van der Waals surface area contributed by atoms with E-state index in [1.165, 1.54) is 7.05 Å². The molecule has 0 bridgehead atoms. The molecule has 1 aliphatic heterocycles. The molecule has 4 nitrogen and oxygen atoms in total. The van der Waals surface area contributed by atoms with Crippen LogP contribution >= 0.6 is 0 Å². The van der Waals surface area contributed by atoms with Crippen molar-refractivity contribution in [1.29, 1.82) is 0 Å². The van der Waals surface area contributed by atoms with Gasteiger partial charge in [-0.3, -0.25) is 9.59 Å². The zero-order valence-electron chi connectivity index (χ0n) is 12.7. The summed E-state index contributed by atoms with van der Waals surface area (Å²) in [5.41, 5.74) is 0.377. The number of benzene rings is 2. The predicted octanol–water partition coefficient (Wildman–Crippen LogP) is 2.93. The van der Waals surface area contributed by atoms with Gasteiger partial charge in [-0.15, -0.1) is 0 Å². The first-order valence-corrected chi connectivity index (χ1v) is 7.17. The molecule has 124 valence electrons. The molecule has 24 heavy (non-hydrogen) atoms. The molecule has 0 fully saturated rings. The van der Waals surface area contributed by atoms with E-state index in [2.05, 4.69) is 0 Å². The monoisotopic (exact) mass is 334 g/mol. The Morgan fingerprint density at radius 3 is 2.29 bits per heavy atom. The normalized spacial score (nSPS) is 17.5. The molecule has 3 rings (SSSR count). The van der Waals surface area contributed by atoms with E-state index in [4.69, 9.17) is 0 Å². The standard InChI is InChI=1S/C17H13F3N2O2/c1-21-14-4-2-3-5-15(14)22(9-13(20)17(21)24)16(23)10-6-11(18)8-12(19)7-10/h2-8,13H,9H2,1H3/t13-/m0/s1. The van der Waals surface area contributed by atoms with Gasteiger partial charge in [0.2, 0.25) is 0 Å². The van der Waals surface area contributed by atoms with Crippen molar-refractivity contribution in [1.82, 2.24) is 0 Å². The van der Waals surface area contributed by atoms with Gasteiger partial charge in [-0.1, -0.05) is 12.1 Å². The Kier molecular flexibility index (Phi) is 4.01. The fourth-order valence-electron chi connectivity index (χ4n) is 2.67. The lowest BCUT2D eigenvalue weighted by atomic mass is 10.1. The van der Waals surface area contributed by atoms with E-state index in [1.807, 2.05) is 0 Å². The molecule has 1 atom stereocenters.